The third-order valence-electron chi connectivity index (χ3n) is 3.20. The molecule has 0 aliphatic carbocycles. The zero-order valence-corrected chi connectivity index (χ0v) is 12.9. The molecule has 2 N–H and O–H groups in total. The minimum Gasteiger partial charge on any atom is -0.339 e. The van der Waals surface area contributed by atoms with Crippen molar-refractivity contribution in [2.75, 3.05) is 13.1 Å². The summed E-state index contributed by atoms with van der Waals surface area (Å²) < 4.78 is 22.9. The number of amides is 1. The summed E-state index contributed by atoms with van der Waals surface area (Å²) in [5, 5.41) is 5.11. The topological polar surface area (TPSA) is 80.5 Å². The van der Waals surface area contributed by atoms with Gasteiger partial charge in [-0.2, -0.15) is 0 Å². The molecule has 1 aliphatic heterocycles. The Morgan fingerprint density at radius 2 is 1.70 bits per heavy atom. The Labute approximate surface area is 127 Å². The Hall–Kier alpha value is -0.820. The lowest BCUT2D eigenvalue weighted by atomic mass is 10.1. The van der Waals surface area contributed by atoms with Crippen molar-refractivity contribution in [3.05, 3.63) is 27.7 Å². The number of rotatable bonds is 2. The summed E-state index contributed by atoms with van der Waals surface area (Å²) in [6.07, 6.45) is 2.94. The number of hydrogen-bond donors (Lipinski definition) is 1. The monoisotopic (exact) mass is 336 g/mol. The van der Waals surface area contributed by atoms with Crippen LogP contribution in [0.3, 0.4) is 0 Å². The Kier molecular flexibility index (Phi) is 4.59. The summed E-state index contributed by atoms with van der Waals surface area (Å²) in [5.41, 5.74) is 0.113. The summed E-state index contributed by atoms with van der Waals surface area (Å²) in [7, 11) is -4.00. The minimum atomic E-state index is -4.00. The van der Waals surface area contributed by atoms with Gasteiger partial charge in [-0.3, -0.25) is 4.79 Å². The number of carbonyl (C=O) groups is 1. The maximum Gasteiger partial charge on any atom is 0.255 e. The number of hydrogen-bond acceptors (Lipinski definition) is 3. The van der Waals surface area contributed by atoms with E-state index in [0.29, 0.717) is 13.1 Å². The number of benzene rings is 1. The van der Waals surface area contributed by atoms with Crippen LogP contribution in [0.25, 0.3) is 0 Å². The van der Waals surface area contributed by atoms with Gasteiger partial charge in [-0.15, -0.1) is 0 Å². The first kappa shape index (κ1) is 15.6. The summed E-state index contributed by atoms with van der Waals surface area (Å²) in [6.45, 7) is 1.28. The zero-order chi connectivity index (χ0) is 14.9. The molecule has 0 saturated carbocycles. The molecule has 0 bridgehead atoms. The lowest BCUT2D eigenvalue weighted by Gasteiger charge is -2.27. The molecule has 8 heteroatoms. The van der Waals surface area contributed by atoms with Gasteiger partial charge in [0, 0.05) is 13.1 Å². The predicted molar refractivity (Wildman–Crippen MR) is 77.6 cm³/mol. The van der Waals surface area contributed by atoms with E-state index in [1.807, 2.05) is 0 Å². The van der Waals surface area contributed by atoms with E-state index in [4.69, 9.17) is 28.3 Å². The van der Waals surface area contributed by atoms with Crippen LogP contribution >= 0.6 is 23.2 Å². The van der Waals surface area contributed by atoms with Crippen LogP contribution in [0.4, 0.5) is 0 Å². The largest absolute Gasteiger partial charge is 0.339 e. The second-order valence-corrected chi connectivity index (χ2v) is 7.00. The van der Waals surface area contributed by atoms with Crippen molar-refractivity contribution in [1.29, 1.82) is 0 Å². The van der Waals surface area contributed by atoms with E-state index in [-0.39, 0.29) is 26.4 Å². The lowest BCUT2D eigenvalue weighted by Crippen LogP contribution is -2.35. The molecule has 0 atom stereocenters. The standard InChI is InChI=1S/C12H14Cl2N2O3S/c13-9-7-10(14)11(20(15,18)19)6-8(9)12(17)16-4-2-1-3-5-16/h6-7H,1-5H2,(H2,15,18,19). The minimum absolute atomic E-state index is 0.0901. The van der Waals surface area contributed by atoms with E-state index >= 15 is 0 Å². The van der Waals surface area contributed by atoms with Crippen LogP contribution < -0.4 is 5.14 Å². The number of sulfonamides is 1. The zero-order valence-electron chi connectivity index (χ0n) is 10.6. The highest BCUT2D eigenvalue weighted by atomic mass is 35.5. The first-order valence-corrected chi connectivity index (χ1v) is 8.42. The van der Waals surface area contributed by atoms with Gasteiger partial charge in [0.05, 0.1) is 15.6 Å². The van der Waals surface area contributed by atoms with Crippen LogP contribution in [-0.2, 0) is 10.0 Å². The number of likely N-dealkylation sites (tertiary alicyclic amines) is 1. The molecule has 0 spiro atoms. The molecular formula is C12H14Cl2N2O3S. The second kappa shape index (κ2) is 5.89. The van der Waals surface area contributed by atoms with Crippen LogP contribution in [0.1, 0.15) is 29.6 Å². The molecule has 20 heavy (non-hydrogen) atoms. The molecule has 1 fully saturated rings. The number of nitrogens with zero attached hydrogens (tertiary/aromatic N) is 1. The van der Waals surface area contributed by atoms with Gasteiger partial charge in [-0.1, -0.05) is 23.2 Å². The fraction of sp³-hybridized carbons (Fsp3) is 0.417. The van der Waals surface area contributed by atoms with Crippen molar-refractivity contribution in [2.45, 2.75) is 24.2 Å². The molecule has 0 unspecified atom stereocenters. The summed E-state index contributed by atoms with van der Waals surface area (Å²) in [4.78, 5) is 13.7. The smallest absolute Gasteiger partial charge is 0.255 e. The number of nitrogens with two attached hydrogens (primary N) is 1. The van der Waals surface area contributed by atoms with Crippen molar-refractivity contribution in [2.24, 2.45) is 5.14 Å². The van der Waals surface area contributed by atoms with E-state index in [9.17, 15) is 13.2 Å². The molecule has 1 aromatic rings. The normalized spacial score (nSPS) is 16.2. The van der Waals surface area contributed by atoms with Gasteiger partial charge in [0.15, 0.2) is 0 Å². The van der Waals surface area contributed by atoms with E-state index in [1.54, 1.807) is 4.90 Å². The van der Waals surface area contributed by atoms with Gasteiger partial charge in [0.25, 0.3) is 5.91 Å². The van der Waals surface area contributed by atoms with E-state index < -0.39 is 10.0 Å². The third-order valence-corrected chi connectivity index (χ3v) is 4.89. The fourth-order valence-electron chi connectivity index (χ4n) is 2.18. The van der Waals surface area contributed by atoms with Crippen LogP contribution in [-0.4, -0.2) is 32.3 Å². The van der Waals surface area contributed by atoms with Crippen molar-refractivity contribution >= 4 is 39.1 Å². The van der Waals surface area contributed by atoms with E-state index in [2.05, 4.69) is 0 Å². The predicted octanol–water partition coefficient (Wildman–Crippen LogP) is 2.27. The highest BCUT2D eigenvalue weighted by molar-refractivity contribution is 7.89. The highest BCUT2D eigenvalue weighted by Gasteiger charge is 2.24. The molecule has 1 amide bonds. The second-order valence-electron chi connectivity index (χ2n) is 4.66. The number of carbonyl (C=O) groups excluding carboxylic acids is 1. The molecule has 1 heterocycles. The van der Waals surface area contributed by atoms with Crippen molar-refractivity contribution in [3.8, 4) is 0 Å². The quantitative estimate of drug-likeness (QED) is 0.899. The van der Waals surface area contributed by atoms with Gasteiger partial charge in [0.2, 0.25) is 10.0 Å². The summed E-state index contributed by atoms with van der Waals surface area (Å²) in [6, 6.07) is 2.39. The fourth-order valence-corrected chi connectivity index (χ4v) is 3.58. The van der Waals surface area contributed by atoms with Crippen molar-refractivity contribution < 1.29 is 13.2 Å². The maximum absolute atomic E-state index is 12.4. The average molecular weight is 337 g/mol. The lowest BCUT2D eigenvalue weighted by molar-refractivity contribution is 0.0724. The van der Waals surface area contributed by atoms with Gasteiger partial charge in [-0.25, -0.2) is 13.6 Å². The number of halogens is 2. The molecular weight excluding hydrogens is 323 g/mol. The number of piperidine rings is 1. The summed E-state index contributed by atoms with van der Waals surface area (Å²) in [5.74, 6) is -0.295. The van der Waals surface area contributed by atoms with Crippen LogP contribution in [0.2, 0.25) is 10.0 Å². The maximum atomic E-state index is 12.4. The first-order chi connectivity index (χ1) is 9.30. The molecule has 5 nitrogen and oxygen atoms in total. The SMILES string of the molecule is NS(=O)(=O)c1cc(C(=O)N2CCCCC2)c(Cl)cc1Cl. The Bertz CT molecular complexity index is 640. The van der Waals surface area contributed by atoms with E-state index in [0.717, 1.165) is 25.3 Å². The number of primary sulfonamides is 1. The van der Waals surface area contributed by atoms with Crippen LogP contribution in [0.15, 0.2) is 17.0 Å². The Balaban J connectivity index is 2.43. The highest BCUT2D eigenvalue weighted by Crippen LogP contribution is 2.29. The van der Waals surface area contributed by atoms with Crippen molar-refractivity contribution in [3.63, 3.8) is 0 Å². The van der Waals surface area contributed by atoms with Gasteiger partial charge in [0.1, 0.15) is 4.90 Å². The molecule has 2 rings (SSSR count). The van der Waals surface area contributed by atoms with Crippen molar-refractivity contribution in [1.82, 2.24) is 4.90 Å². The average Bonchev–Trinajstić information content (AvgIpc) is 2.37. The summed E-state index contributed by atoms with van der Waals surface area (Å²) >= 11 is 11.8. The van der Waals surface area contributed by atoms with E-state index in [1.165, 1.54) is 6.07 Å². The molecule has 1 aliphatic rings. The molecule has 1 aromatic carbocycles. The van der Waals surface area contributed by atoms with Gasteiger partial charge < -0.3 is 4.90 Å². The third kappa shape index (κ3) is 3.25. The Morgan fingerprint density at radius 1 is 1.10 bits per heavy atom. The molecule has 1 saturated heterocycles. The molecule has 0 radical (unpaired) electrons. The van der Waals surface area contributed by atoms with Gasteiger partial charge in [-0.05, 0) is 31.4 Å². The first-order valence-electron chi connectivity index (χ1n) is 6.12. The molecule has 0 aromatic heterocycles. The van der Waals surface area contributed by atoms with Gasteiger partial charge >= 0.3 is 0 Å². The Morgan fingerprint density at radius 3 is 2.25 bits per heavy atom. The molecule has 110 valence electrons. The van der Waals surface area contributed by atoms with Crippen LogP contribution in [0, 0.1) is 0 Å². The van der Waals surface area contributed by atoms with Crippen LogP contribution in [0.5, 0.6) is 0 Å².